The third kappa shape index (κ3) is 4.09. The molecule has 0 aromatic heterocycles. The van der Waals surface area contributed by atoms with Crippen molar-refractivity contribution >= 4 is 23.9 Å². The molecule has 36 heavy (non-hydrogen) atoms. The standard InChI is InChI=1S/C27H22N2O7/c1-34-23(26(32)36-29-24(30)20-12-6-7-13-21(20)25(29)31)14-28-27(33)35-15-22-18-10-4-2-8-16(18)17-9-3-5-11-19(17)22/h2-13,22-23H,14-15H2,1H3,(H,28,33). The molecule has 1 N–H and O–H groups in total. The summed E-state index contributed by atoms with van der Waals surface area (Å²) in [6, 6.07) is 22.1. The van der Waals surface area contributed by atoms with Gasteiger partial charge in [0.1, 0.15) is 6.61 Å². The molecular weight excluding hydrogens is 464 g/mol. The fraction of sp³-hybridized carbons (Fsp3) is 0.185. The van der Waals surface area contributed by atoms with E-state index in [0.29, 0.717) is 5.06 Å². The zero-order valence-electron chi connectivity index (χ0n) is 19.3. The molecule has 5 rings (SSSR count). The first-order valence-corrected chi connectivity index (χ1v) is 11.3. The van der Waals surface area contributed by atoms with Gasteiger partial charge in [-0.05, 0) is 34.4 Å². The zero-order chi connectivity index (χ0) is 25.2. The van der Waals surface area contributed by atoms with E-state index in [1.807, 2.05) is 48.5 Å². The lowest BCUT2D eigenvalue weighted by atomic mass is 9.98. The maximum Gasteiger partial charge on any atom is 0.407 e. The smallest absolute Gasteiger partial charge is 0.407 e. The number of ether oxygens (including phenoxy) is 2. The molecule has 1 aliphatic heterocycles. The van der Waals surface area contributed by atoms with Crippen LogP contribution in [-0.2, 0) is 19.1 Å². The number of carbonyl (C=O) groups excluding carboxylic acids is 4. The zero-order valence-corrected chi connectivity index (χ0v) is 19.3. The van der Waals surface area contributed by atoms with Crippen LogP contribution in [0.4, 0.5) is 4.79 Å². The summed E-state index contributed by atoms with van der Waals surface area (Å²) in [5, 5.41) is 2.87. The van der Waals surface area contributed by atoms with Crippen LogP contribution in [0, 0.1) is 0 Å². The molecule has 0 saturated carbocycles. The molecule has 3 aromatic rings. The van der Waals surface area contributed by atoms with Crippen LogP contribution in [-0.4, -0.2) is 55.3 Å². The first kappa shape index (κ1) is 23.3. The first-order valence-electron chi connectivity index (χ1n) is 11.3. The highest BCUT2D eigenvalue weighted by atomic mass is 16.7. The summed E-state index contributed by atoms with van der Waals surface area (Å²) in [4.78, 5) is 54.8. The van der Waals surface area contributed by atoms with Crippen molar-refractivity contribution in [2.75, 3.05) is 20.3 Å². The van der Waals surface area contributed by atoms with E-state index in [1.165, 1.54) is 19.2 Å². The number of nitrogens with zero attached hydrogens (tertiary/aromatic N) is 1. The van der Waals surface area contributed by atoms with Crippen LogP contribution in [0.1, 0.15) is 37.8 Å². The summed E-state index contributed by atoms with van der Waals surface area (Å²) < 4.78 is 10.5. The van der Waals surface area contributed by atoms with E-state index in [9.17, 15) is 19.2 Å². The number of imide groups is 1. The van der Waals surface area contributed by atoms with Gasteiger partial charge in [-0.25, -0.2) is 9.59 Å². The summed E-state index contributed by atoms with van der Waals surface area (Å²) in [5.74, 6) is -2.61. The minimum Gasteiger partial charge on any atom is -0.449 e. The highest BCUT2D eigenvalue weighted by Crippen LogP contribution is 2.44. The normalized spacial score (nSPS) is 14.6. The average molecular weight is 486 g/mol. The van der Waals surface area contributed by atoms with Crippen molar-refractivity contribution in [1.29, 1.82) is 0 Å². The molecule has 3 amide bonds. The van der Waals surface area contributed by atoms with Gasteiger partial charge < -0.3 is 19.6 Å². The third-order valence-electron chi connectivity index (χ3n) is 6.26. The third-order valence-corrected chi connectivity index (χ3v) is 6.26. The van der Waals surface area contributed by atoms with Crippen molar-refractivity contribution in [1.82, 2.24) is 10.4 Å². The topological polar surface area (TPSA) is 111 Å². The molecule has 1 aliphatic carbocycles. The van der Waals surface area contributed by atoms with Crippen LogP contribution in [0.3, 0.4) is 0 Å². The second-order valence-corrected chi connectivity index (χ2v) is 8.29. The molecule has 0 saturated heterocycles. The van der Waals surface area contributed by atoms with E-state index in [1.54, 1.807) is 12.1 Å². The lowest BCUT2D eigenvalue weighted by Crippen LogP contribution is -2.43. The van der Waals surface area contributed by atoms with Crippen molar-refractivity contribution < 1.29 is 33.5 Å². The number of nitrogens with one attached hydrogen (secondary N) is 1. The van der Waals surface area contributed by atoms with Crippen LogP contribution in [0.5, 0.6) is 0 Å². The lowest BCUT2D eigenvalue weighted by Gasteiger charge is -2.19. The molecule has 182 valence electrons. The van der Waals surface area contributed by atoms with Crippen LogP contribution in [0.25, 0.3) is 11.1 Å². The molecule has 0 bridgehead atoms. The Labute approximate surface area is 206 Å². The van der Waals surface area contributed by atoms with Crippen LogP contribution < -0.4 is 5.32 Å². The predicted molar refractivity (Wildman–Crippen MR) is 127 cm³/mol. The second kappa shape index (κ2) is 9.63. The maximum atomic E-state index is 12.5. The minimum atomic E-state index is -1.27. The molecule has 1 unspecified atom stereocenters. The Bertz CT molecular complexity index is 1290. The Morgan fingerprint density at radius 1 is 0.833 bits per heavy atom. The van der Waals surface area contributed by atoms with Gasteiger partial charge in [-0.1, -0.05) is 65.7 Å². The molecule has 9 heteroatoms. The number of hydroxylamine groups is 2. The number of rotatable bonds is 7. The average Bonchev–Trinajstić information content (AvgIpc) is 3.35. The quantitative estimate of drug-likeness (QED) is 0.510. The van der Waals surface area contributed by atoms with Crippen LogP contribution in [0.2, 0.25) is 0 Å². The number of hydrogen-bond donors (Lipinski definition) is 1. The van der Waals surface area contributed by atoms with E-state index in [-0.39, 0.29) is 30.2 Å². The Kier molecular flexibility index (Phi) is 6.22. The number of amides is 3. The van der Waals surface area contributed by atoms with E-state index >= 15 is 0 Å². The molecule has 1 heterocycles. The van der Waals surface area contributed by atoms with Crippen molar-refractivity contribution in [3.8, 4) is 11.1 Å². The number of benzene rings is 3. The monoisotopic (exact) mass is 486 g/mol. The van der Waals surface area contributed by atoms with Crippen molar-refractivity contribution in [2.45, 2.75) is 12.0 Å². The second-order valence-electron chi connectivity index (χ2n) is 8.29. The molecule has 9 nitrogen and oxygen atoms in total. The highest BCUT2D eigenvalue weighted by Gasteiger charge is 2.40. The molecule has 0 spiro atoms. The van der Waals surface area contributed by atoms with Gasteiger partial charge in [0.25, 0.3) is 11.8 Å². The van der Waals surface area contributed by atoms with Crippen molar-refractivity contribution in [2.24, 2.45) is 0 Å². The minimum absolute atomic E-state index is 0.108. The first-order chi connectivity index (χ1) is 17.5. The Hall–Kier alpha value is -4.50. The predicted octanol–water partition coefficient (Wildman–Crippen LogP) is 3.29. The van der Waals surface area contributed by atoms with E-state index in [0.717, 1.165) is 22.3 Å². The lowest BCUT2D eigenvalue weighted by molar-refractivity contribution is -0.179. The Morgan fingerprint density at radius 3 is 1.86 bits per heavy atom. The van der Waals surface area contributed by atoms with Crippen molar-refractivity contribution in [3.05, 3.63) is 95.1 Å². The van der Waals surface area contributed by atoms with Gasteiger partial charge in [-0.15, -0.1) is 0 Å². The molecule has 3 aromatic carbocycles. The number of hydrogen-bond acceptors (Lipinski definition) is 7. The van der Waals surface area contributed by atoms with E-state index < -0.39 is 30.0 Å². The fourth-order valence-corrected chi connectivity index (χ4v) is 4.49. The van der Waals surface area contributed by atoms with Gasteiger partial charge in [-0.2, -0.15) is 0 Å². The van der Waals surface area contributed by atoms with Gasteiger partial charge in [0.05, 0.1) is 17.7 Å². The molecule has 0 radical (unpaired) electrons. The van der Waals surface area contributed by atoms with Gasteiger partial charge in [0.2, 0.25) is 0 Å². The van der Waals surface area contributed by atoms with Gasteiger partial charge in [0, 0.05) is 13.0 Å². The summed E-state index contributed by atoms with van der Waals surface area (Å²) in [7, 11) is 1.24. The van der Waals surface area contributed by atoms with Crippen LogP contribution >= 0.6 is 0 Å². The number of fused-ring (bicyclic) bond motifs is 4. The molecular formula is C27H22N2O7. The van der Waals surface area contributed by atoms with Gasteiger partial charge in [-0.3, -0.25) is 9.59 Å². The molecule has 1 atom stereocenters. The van der Waals surface area contributed by atoms with Crippen LogP contribution in [0.15, 0.2) is 72.8 Å². The maximum absolute atomic E-state index is 12.5. The SMILES string of the molecule is COC(CNC(=O)OCC1c2ccccc2-c2ccccc21)C(=O)ON1C(=O)c2ccccc2C1=O. The summed E-state index contributed by atoms with van der Waals surface area (Å²) >= 11 is 0. The largest absolute Gasteiger partial charge is 0.449 e. The summed E-state index contributed by atoms with van der Waals surface area (Å²) in [6.45, 7) is -0.174. The number of methoxy groups -OCH3 is 1. The Balaban J connectivity index is 1.16. The van der Waals surface area contributed by atoms with E-state index in [4.69, 9.17) is 14.3 Å². The molecule has 0 fully saturated rings. The van der Waals surface area contributed by atoms with Gasteiger partial charge in [0.15, 0.2) is 6.10 Å². The van der Waals surface area contributed by atoms with Crippen molar-refractivity contribution in [3.63, 3.8) is 0 Å². The summed E-state index contributed by atoms with van der Waals surface area (Å²) in [5.41, 5.74) is 4.65. The number of alkyl carbamates (subject to hydrolysis) is 1. The highest BCUT2D eigenvalue weighted by molar-refractivity contribution is 6.20. The molecule has 2 aliphatic rings. The Morgan fingerprint density at radius 2 is 1.33 bits per heavy atom. The van der Waals surface area contributed by atoms with E-state index in [2.05, 4.69) is 5.32 Å². The fourth-order valence-electron chi connectivity index (χ4n) is 4.49. The summed E-state index contributed by atoms with van der Waals surface area (Å²) in [6.07, 6.45) is -2.01. The number of carbonyl (C=O) groups is 4. The van der Waals surface area contributed by atoms with Gasteiger partial charge >= 0.3 is 12.1 Å².